The average molecular weight is 467 g/mol. The van der Waals surface area contributed by atoms with E-state index in [-0.39, 0.29) is 29.5 Å². The van der Waals surface area contributed by atoms with Crippen molar-refractivity contribution in [1.29, 1.82) is 0 Å². The summed E-state index contributed by atoms with van der Waals surface area (Å²) in [5.41, 5.74) is 0.971. The fraction of sp³-hybridized carbons (Fsp3) is 0.500. The minimum Gasteiger partial charge on any atom is -0.370 e. The first-order valence-electron chi connectivity index (χ1n) is 10.5. The standard InChI is InChI=1S/C20H30N6O5S/c1-5-23(6-2)19-10-9-17(32(30,31)25(7-3)8-4)13-18(19)22-20(27)11-12-24-15-16(14-21-24)26(28)29/h9-10,13-15H,5-8,11-12H2,1-4H3,(H,22,27). The Morgan fingerprint density at radius 1 is 1.16 bits per heavy atom. The molecule has 1 amide bonds. The Hall–Kier alpha value is -2.99. The predicted octanol–water partition coefficient (Wildman–Crippen LogP) is 2.70. The van der Waals surface area contributed by atoms with Crippen LogP contribution in [0.25, 0.3) is 0 Å². The monoisotopic (exact) mass is 466 g/mol. The zero-order chi connectivity index (χ0) is 23.9. The van der Waals surface area contributed by atoms with Crippen molar-refractivity contribution in [3.05, 3.63) is 40.7 Å². The van der Waals surface area contributed by atoms with Crippen molar-refractivity contribution in [1.82, 2.24) is 14.1 Å². The van der Waals surface area contributed by atoms with Crippen molar-refractivity contribution < 1.29 is 18.1 Å². The van der Waals surface area contributed by atoms with Gasteiger partial charge in [-0.05, 0) is 32.0 Å². The van der Waals surface area contributed by atoms with Crippen LogP contribution in [0.2, 0.25) is 0 Å². The molecule has 0 aliphatic carbocycles. The van der Waals surface area contributed by atoms with Crippen LogP contribution in [0, 0.1) is 10.1 Å². The number of sulfonamides is 1. The highest BCUT2D eigenvalue weighted by molar-refractivity contribution is 7.89. The van der Waals surface area contributed by atoms with Crippen molar-refractivity contribution >= 4 is 33.0 Å². The molecule has 0 aliphatic heterocycles. The van der Waals surface area contributed by atoms with Crippen molar-refractivity contribution in [2.24, 2.45) is 0 Å². The highest BCUT2D eigenvalue weighted by Crippen LogP contribution is 2.30. The number of nitro groups is 1. The van der Waals surface area contributed by atoms with Gasteiger partial charge in [-0.15, -0.1) is 0 Å². The van der Waals surface area contributed by atoms with Crippen molar-refractivity contribution in [2.75, 3.05) is 36.4 Å². The molecule has 176 valence electrons. The molecule has 1 N–H and O–H groups in total. The summed E-state index contributed by atoms with van der Waals surface area (Å²) >= 11 is 0. The maximum Gasteiger partial charge on any atom is 0.306 e. The van der Waals surface area contributed by atoms with E-state index in [9.17, 15) is 23.3 Å². The number of carbonyl (C=O) groups is 1. The van der Waals surface area contributed by atoms with Gasteiger partial charge in [0.15, 0.2) is 0 Å². The molecule has 0 radical (unpaired) electrons. The van der Waals surface area contributed by atoms with E-state index in [0.717, 1.165) is 11.9 Å². The van der Waals surface area contributed by atoms with Gasteiger partial charge in [-0.1, -0.05) is 13.8 Å². The summed E-state index contributed by atoms with van der Waals surface area (Å²) < 4.78 is 28.6. The Morgan fingerprint density at radius 3 is 2.34 bits per heavy atom. The van der Waals surface area contributed by atoms with E-state index in [1.165, 1.54) is 21.3 Å². The zero-order valence-corrected chi connectivity index (χ0v) is 19.6. The Balaban J connectivity index is 2.29. The second kappa shape index (κ2) is 11.0. The van der Waals surface area contributed by atoms with E-state index in [2.05, 4.69) is 10.4 Å². The Labute approximate surface area is 188 Å². The van der Waals surface area contributed by atoms with E-state index in [0.29, 0.717) is 31.9 Å². The van der Waals surface area contributed by atoms with Crippen molar-refractivity contribution in [3.63, 3.8) is 0 Å². The van der Waals surface area contributed by atoms with Crippen LogP contribution in [0.4, 0.5) is 17.1 Å². The predicted molar refractivity (Wildman–Crippen MR) is 122 cm³/mol. The van der Waals surface area contributed by atoms with E-state index in [1.54, 1.807) is 26.0 Å². The molecular formula is C20H30N6O5S. The van der Waals surface area contributed by atoms with Gasteiger partial charge in [0.1, 0.15) is 12.4 Å². The number of nitrogens with one attached hydrogen (secondary N) is 1. The van der Waals surface area contributed by atoms with Gasteiger partial charge < -0.3 is 10.2 Å². The summed E-state index contributed by atoms with van der Waals surface area (Å²) in [6.07, 6.45) is 2.40. The third-order valence-corrected chi connectivity index (χ3v) is 7.13. The van der Waals surface area contributed by atoms with Gasteiger partial charge in [0.05, 0.1) is 21.2 Å². The molecule has 0 fully saturated rings. The molecule has 11 nitrogen and oxygen atoms in total. The van der Waals surface area contributed by atoms with E-state index in [1.807, 2.05) is 18.7 Å². The Bertz CT molecular complexity index is 1040. The van der Waals surface area contributed by atoms with Crippen LogP contribution in [0.5, 0.6) is 0 Å². The second-order valence-corrected chi connectivity index (χ2v) is 8.90. The van der Waals surface area contributed by atoms with E-state index >= 15 is 0 Å². The van der Waals surface area contributed by atoms with Crippen LogP contribution in [-0.2, 0) is 21.4 Å². The van der Waals surface area contributed by atoms with Gasteiger partial charge in [0.2, 0.25) is 15.9 Å². The fourth-order valence-electron chi connectivity index (χ4n) is 3.33. The summed E-state index contributed by atoms with van der Waals surface area (Å²) in [6, 6.07) is 4.74. The molecule has 1 aromatic carbocycles. The van der Waals surface area contributed by atoms with Crippen LogP contribution in [-0.4, -0.2) is 59.5 Å². The van der Waals surface area contributed by atoms with Crippen LogP contribution >= 0.6 is 0 Å². The maximum atomic E-state index is 13.0. The summed E-state index contributed by atoms with van der Waals surface area (Å²) in [5.74, 6) is -0.353. The van der Waals surface area contributed by atoms with Crippen LogP contribution < -0.4 is 10.2 Å². The first kappa shape index (κ1) is 25.3. The lowest BCUT2D eigenvalue weighted by molar-refractivity contribution is -0.385. The van der Waals surface area contributed by atoms with Gasteiger partial charge in [-0.3, -0.25) is 19.6 Å². The fourth-order valence-corrected chi connectivity index (χ4v) is 4.81. The largest absolute Gasteiger partial charge is 0.370 e. The average Bonchev–Trinajstić information content (AvgIpc) is 3.24. The van der Waals surface area contributed by atoms with Crippen LogP contribution in [0.3, 0.4) is 0 Å². The van der Waals surface area contributed by atoms with E-state index < -0.39 is 14.9 Å². The van der Waals surface area contributed by atoms with Crippen LogP contribution in [0.15, 0.2) is 35.5 Å². The highest BCUT2D eigenvalue weighted by atomic mass is 32.2. The molecule has 1 heterocycles. The number of hydrogen-bond donors (Lipinski definition) is 1. The highest BCUT2D eigenvalue weighted by Gasteiger charge is 2.24. The van der Waals surface area contributed by atoms with Gasteiger partial charge in [0.25, 0.3) is 0 Å². The topological polar surface area (TPSA) is 131 Å². The third kappa shape index (κ3) is 5.82. The number of nitrogens with zero attached hydrogens (tertiary/aromatic N) is 5. The summed E-state index contributed by atoms with van der Waals surface area (Å²) in [6.45, 7) is 9.68. The molecule has 0 atom stereocenters. The van der Waals surface area contributed by atoms with Gasteiger partial charge in [0, 0.05) is 39.1 Å². The minimum atomic E-state index is -3.69. The smallest absolute Gasteiger partial charge is 0.306 e. The lowest BCUT2D eigenvalue weighted by Crippen LogP contribution is -2.31. The molecule has 1 aromatic heterocycles. The van der Waals surface area contributed by atoms with Gasteiger partial charge >= 0.3 is 5.69 Å². The number of benzene rings is 1. The first-order chi connectivity index (χ1) is 15.2. The molecule has 0 saturated carbocycles. The number of anilines is 2. The quantitative estimate of drug-likeness (QED) is 0.376. The molecular weight excluding hydrogens is 436 g/mol. The summed E-state index contributed by atoms with van der Waals surface area (Å²) in [5, 5.41) is 17.5. The number of hydrogen-bond acceptors (Lipinski definition) is 7. The lowest BCUT2D eigenvalue weighted by Gasteiger charge is -2.26. The van der Waals surface area contributed by atoms with Gasteiger partial charge in [-0.25, -0.2) is 8.42 Å². The van der Waals surface area contributed by atoms with Crippen molar-refractivity contribution in [2.45, 2.75) is 45.6 Å². The maximum absolute atomic E-state index is 13.0. The third-order valence-electron chi connectivity index (χ3n) is 5.09. The number of rotatable bonds is 12. The number of aromatic nitrogens is 2. The first-order valence-corrected chi connectivity index (χ1v) is 12.0. The Kier molecular flexibility index (Phi) is 8.72. The molecule has 12 heteroatoms. The second-order valence-electron chi connectivity index (χ2n) is 6.96. The molecule has 0 spiro atoms. The van der Waals surface area contributed by atoms with Gasteiger partial charge in [-0.2, -0.15) is 9.40 Å². The molecule has 0 bridgehead atoms. The molecule has 2 rings (SSSR count). The van der Waals surface area contributed by atoms with E-state index in [4.69, 9.17) is 0 Å². The minimum absolute atomic E-state index is 0.0174. The Morgan fingerprint density at radius 2 is 1.81 bits per heavy atom. The zero-order valence-electron chi connectivity index (χ0n) is 18.8. The number of aryl methyl sites for hydroxylation is 1. The molecule has 0 unspecified atom stereocenters. The molecule has 0 saturated heterocycles. The van der Waals surface area contributed by atoms with Crippen LogP contribution in [0.1, 0.15) is 34.1 Å². The molecule has 2 aromatic rings. The number of carbonyl (C=O) groups excluding carboxylic acids is 1. The lowest BCUT2D eigenvalue weighted by atomic mass is 10.2. The molecule has 0 aliphatic rings. The summed E-state index contributed by atoms with van der Waals surface area (Å²) in [4.78, 5) is 25.0. The number of amides is 1. The SMILES string of the molecule is CCN(CC)c1ccc(S(=O)(=O)N(CC)CC)cc1NC(=O)CCn1cc([N+](=O)[O-])cn1. The molecule has 32 heavy (non-hydrogen) atoms. The normalized spacial score (nSPS) is 11.5. The van der Waals surface area contributed by atoms with Crippen molar-refractivity contribution in [3.8, 4) is 0 Å². The summed E-state index contributed by atoms with van der Waals surface area (Å²) in [7, 11) is -3.69.